The fourth-order valence-electron chi connectivity index (χ4n) is 1.98. The molecule has 2 aromatic carbocycles. The first-order valence-corrected chi connectivity index (χ1v) is 7.58. The van der Waals surface area contributed by atoms with Crippen molar-refractivity contribution in [1.29, 1.82) is 5.26 Å². The van der Waals surface area contributed by atoms with Crippen molar-refractivity contribution in [2.24, 2.45) is 0 Å². The summed E-state index contributed by atoms with van der Waals surface area (Å²) in [5, 5.41) is 12.6. The first kappa shape index (κ1) is 15.8. The third-order valence-corrected chi connectivity index (χ3v) is 3.45. The quantitative estimate of drug-likeness (QED) is 0.751. The fraction of sp³-hybridized carbons (Fsp3) is 0.0556. The van der Waals surface area contributed by atoms with Crippen LogP contribution in [0.5, 0.6) is 5.88 Å². The van der Waals surface area contributed by atoms with Crippen LogP contribution < -0.4 is 10.1 Å². The molecule has 0 saturated heterocycles. The minimum Gasteiger partial charge on any atom is -0.473 e. The zero-order valence-electron chi connectivity index (χ0n) is 12.6. The minimum absolute atomic E-state index is 0.393. The molecule has 0 aliphatic carbocycles. The monoisotopic (exact) mass is 336 g/mol. The fourth-order valence-corrected chi connectivity index (χ4v) is 2.10. The van der Waals surface area contributed by atoms with Crippen LogP contribution in [-0.4, -0.2) is 9.97 Å². The zero-order valence-corrected chi connectivity index (χ0v) is 13.4. The Hall–Kier alpha value is -3.10. The summed E-state index contributed by atoms with van der Waals surface area (Å²) in [6.07, 6.45) is 1.62. The first-order chi connectivity index (χ1) is 11.7. The van der Waals surface area contributed by atoms with E-state index >= 15 is 0 Å². The highest BCUT2D eigenvalue weighted by Gasteiger charge is 2.02. The Balaban J connectivity index is 1.65. The van der Waals surface area contributed by atoms with Gasteiger partial charge in [0.1, 0.15) is 6.61 Å². The average Bonchev–Trinajstić information content (AvgIpc) is 2.62. The molecule has 0 aliphatic heterocycles. The van der Waals surface area contributed by atoms with Crippen LogP contribution in [0.2, 0.25) is 5.02 Å². The van der Waals surface area contributed by atoms with E-state index in [1.165, 1.54) is 0 Å². The summed E-state index contributed by atoms with van der Waals surface area (Å²) in [5.41, 5.74) is 2.39. The van der Waals surface area contributed by atoms with Crippen LogP contribution in [0.1, 0.15) is 11.1 Å². The van der Waals surface area contributed by atoms with Crippen LogP contribution in [0.4, 0.5) is 11.6 Å². The summed E-state index contributed by atoms with van der Waals surface area (Å²) >= 11 is 5.86. The van der Waals surface area contributed by atoms with Gasteiger partial charge in [0.15, 0.2) is 0 Å². The van der Waals surface area contributed by atoms with Crippen molar-refractivity contribution in [2.45, 2.75) is 6.61 Å². The van der Waals surface area contributed by atoms with Gasteiger partial charge in [-0.1, -0.05) is 23.7 Å². The molecule has 0 radical (unpaired) electrons. The van der Waals surface area contributed by atoms with Crippen molar-refractivity contribution in [1.82, 2.24) is 9.97 Å². The molecule has 5 nitrogen and oxygen atoms in total. The summed E-state index contributed by atoms with van der Waals surface area (Å²) in [4.78, 5) is 8.47. The first-order valence-electron chi connectivity index (χ1n) is 7.20. The number of anilines is 2. The minimum atomic E-state index is 0.393. The second-order valence-electron chi connectivity index (χ2n) is 4.95. The van der Waals surface area contributed by atoms with E-state index in [1.807, 2.05) is 24.3 Å². The molecule has 1 aromatic heterocycles. The van der Waals surface area contributed by atoms with Crippen LogP contribution in [0.3, 0.4) is 0 Å². The number of benzene rings is 2. The Morgan fingerprint density at radius 1 is 1.04 bits per heavy atom. The summed E-state index contributed by atoms with van der Waals surface area (Å²) in [5.74, 6) is 0.893. The van der Waals surface area contributed by atoms with Gasteiger partial charge in [-0.05, 0) is 42.0 Å². The number of halogens is 1. The summed E-state index contributed by atoms with van der Waals surface area (Å²) < 4.78 is 5.67. The molecule has 6 heteroatoms. The number of nitriles is 1. The molecule has 0 atom stereocenters. The highest BCUT2D eigenvalue weighted by Crippen LogP contribution is 2.17. The van der Waals surface area contributed by atoms with Gasteiger partial charge < -0.3 is 10.1 Å². The number of rotatable bonds is 5. The van der Waals surface area contributed by atoms with Crippen LogP contribution >= 0.6 is 11.6 Å². The number of hydrogen-bond donors (Lipinski definition) is 1. The predicted octanol–water partition coefficient (Wildman–Crippen LogP) is 4.32. The van der Waals surface area contributed by atoms with Crippen molar-refractivity contribution in [3.8, 4) is 11.9 Å². The highest BCUT2D eigenvalue weighted by atomic mass is 35.5. The van der Waals surface area contributed by atoms with E-state index < -0.39 is 0 Å². The van der Waals surface area contributed by atoms with E-state index in [1.54, 1.807) is 36.5 Å². The average molecular weight is 337 g/mol. The molecular weight excluding hydrogens is 324 g/mol. The standard InChI is InChI=1S/C18H13ClN4O/c19-15-5-1-14(2-6-15)12-24-17-9-10-21-18(23-17)22-16-7-3-13(11-20)4-8-16/h1-10H,12H2,(H,21,22,23). The molecule has 118 valence electrons. The Morgan fingerprint density at radius 2 is 1.79 bits per heavy atom. The summed E-state index contributed by atoms with van der Waals surface area (Å²) in [7, 11) is 0. The summed E-state index contributed by atoms with van der Waals surface area (Å²) in [6.45, 7) is 0.393. The lowest BCUT2D eigenvalue weighted by molar-refractivity contribution is 0.294. The van der Waals surface area contributed by atoms with Crippen molar-refractivity contribution in [2.75, 3.05) is 5.32 Å². The zero-order chi connectivity index (χ0) is 16.8. The predicted molar refractivity (Wildman–Crippen MR) is 92.3 cm³/mol. The smallest absolute Gasteiger partial charge is 0.230 e. The lowest BCUT2D eigenvalue weighted by Gasteiger charge is -2.08. The molecule has 0 fully saturated rings. The van der Waals surface area contributed by atoms with Gasteiger partial charge in [-0.3, -0.25) is 0 Å². The van der Waals surface area contributed by atoms with E-state index in [-0.39, 0.29) is 0 Å². The topological polar surface area (TPSA) is 70.8 Å². The molecule has 0 bridgehead atoms. The van der Waals surface area contributed by atoms with Gasteiger partial charge >= 0.3 is 0 Å². The Kier molecular flexibility index (Phi) is 4.90. The molecule has 0 aliphatic rings. The van der Waals surface area contributed by atoms with Crippen molar-refractivity contribution >= 4 is 23.2 Å². The van der Waals surface area contributed by atoms with E-state index in [0.717, 1.165) is 11.3 Å². The van der Waals surface area contributed by atoms with E-state index in [9.17, 15) is 0 Å². The Labute approximate surface area is 144 Å². The van der Waals surface area contributed by atoms with Crippen LogP contribution in [0.25, 0.3) is 0 Å². The lowest BCUT2D eigenvalue weighted by Crippen LogP contribution is -2.01. The van der Waals surface area contributed by atoms with Gasteiger partial charge in [0.05, 0.1) is 11.6 Å². The van der Waals surface area contributed by atoms with Crippen LogP contribution in [0, 0.1) is 11.3 Å². The highest BCUT2D eigenvalue weighted by molar-refractivity contribution is 6.30. The second-order valence-corrected chi connectivity index (χ2v) is 5.38. The van der Waals surface area contributed by atoms with Gasteiger partial charge in [0.2, 0.25) is 11.8 Å². The number of hydrogen-bond acceptors (Lipinski definition) is 5. The molecule has 24 heavy (non-hydrogen) atoms. The van der Waals surface area contributed by atoms with Gasteiger partial charge in [-0.2, -0.15) is 10.2 Å². The number of aromatic nitrogens is 2. The van der Waals surface area contributed by atoms with Gasteiger partial charge in [-0.15, -0.1) is 0 Å². The van der Waals surface area contributed by atoms with Gasteiger partial charge in [0, 0.05) is 23.0 Å². The Morgan fingerprint density at radius 3 is 2.50 bits per heavy atom. The molecule has 0 amide bonds. The third-order valence-electron chi connectivity index (χ3n) is 3.20. The van der Waals surface area contributed by atoms with Crippen molar-refractivity contribution < 1.29 is 4.74 Å². The third kappa shape index (κ3) is 4.22. The van der Waals surface area contributed by atoms with E-state index in [2.05, 4.69) is 21.4 Å². The number of nitrogens with one attached hydrogen (secondary N) is 1. The number of nitrogens with zero attached hydrogens (tertiary/aromatic N) is 3. The Bertz CT molecular complexity index is 857. The maximum Gasteiger partial charge on any atom is 0.230 e. The molecule has 0 unspecified atom stereocenters. The van der Waals surface area contributed by atoms with Crippen LogP contribution in [-0.2, 0) is 6.61 Å². The normalized spacial score (nSPS) is 10.0. The van der Waals surface area contributed by atoms with Gasteiger partial charge in [-0.25, -0.2) is 4.98 Å². The van der Waals surface area contributed by atoms with Crippen molar-refractivity contribution in [3.63, 3.8) is 0 Å². The molecule has 0 saturated carbocycles. The second kappa shape index (κ2) is 7.44. The molecular formula is C18H13ClN4O. The largest absolute Gasteiger partial charge is 0.473 e. The molecule has 3 aromatic rings. The lowest BCUT2D eigenvalue weighted by atomic mass is 10.2. The van der Waals surface area contributed by atoms with Crippen molar-refractivity contribution in [3.05, 3.63) is 76.9 Å². The maximum absolute atomic E-state index is 8.80. The van der Waals surface area contributed by atoms with Gasteiger partial charge in [0.25, 0.3) is 0 Å². The van der Waals surface area contributed by atoms with Crippen LogP contribution in [0.15, 0.2) is 60.8 Å². The number of ether oxygens (including phenoxy) is 1. The molecule has 1 heterocycles. The van der Waals surface area contributed by atoms with E-state index in [4.69, 9.17) is 21.6 Å². The molecule has 0 spiro atoms. The summed E-state index contributed by atoms with van der Waals surface area (Å²) in [6, 6.07) is 18.2. The maximum atomic E-state index is 8.80. The molecule has 1 N–H and O–H groups in total. The van der Waals surface area contributed by atoms with E-state index in [0.29, 0.717) is 29.0 Å². The SMILES string of the molecule is N#Cc1ccc(Nc2nccc(OCc3ccc(Cl)cc3)n2)cc1. The molecule has 3 rings (SSSR count).